The smallest absolute Gasteiger partial charge is 0.124 e. The number of rotatable bonds is 2. The van der Waals surface area contributed by atoms with Crippen LogP contribution in [0.25, 0.3) is 0 Å². The van der Waals surface area contributed by atoms with Crippen LogP contribution in [0.3, 0.4) is 0 Å². The third-order valence-corrected chi connectivity index (χ3v) is 2.84. The van der Waals surface area contributed by atoms with Gasteiger partial charge in [-0.1, -0.05) is 15.9 Å². The number of aliphatic hydroxyl groups excluding tert-OH is 1. The largest absolute Gasteiger partial charge is 0.382 e. The Bertz CT molecular complexity index is 493. The molecule has 16 heavy (non-hydrogen) atoms. The molecule has 2 aromatic rings. The lowest BCUT2D eigenvalue weighted by molar-refractivity contribution is 0.213. The zero-order valence-electron chi connectivity index (χ0n) is 8.14. The fourth-order valence-electron chi connectivity index (χ4n) is 1.34. The van der Waals surface area contributed by atoms with Crippen molar-refractivity contribution in [2.75, 3.05) is 0 Å². The van der Waals surface area contributed by atoms with Gasteiger partial charge in [0.2, 0.25) is 0 Å². The molecular formula is C11H8BrFN2O. The first-order valence-electron chi connectivity index (χ1n) is 4.57. The molecule has 0 saturated carbocycles. The van der Waals surface area contributed by atoms with Gasteiger partial charge in [0, 0.05) is 22.4 Å². The highest BCUT2D eigenvalue weighted by atomic mass is 79.9. The summed E-state index contributed by atoms with van der Waals surface area (Å²) in [6, 6.07) is 4.13. The second kappa shape index (κ2) is 4.67. The summed E-state index contributed by atoms with van der Waals surface area (Å²) in [5.74, 6) is -0.402. The van der Waals surface area contributed by atoms with Gasteiger partial charge < -0.3 is 5.11 Å². The van der Waals surface area contributed by atoms with Crippen molar-refractivity contribution in [2.45, 2.75) is 6.10 Å². The van der Waals surface area contributed by atoms with Gasteiger partial charge in [-0.05, 0) is 18.2 Å². The van der Waals surface area contributed by atoms with E-state index in [1.807, 2.05) is 0 Å². The van der Waals surface area contributed by atoms with Gasteiger partial charge in [0.1, 0.15) is 11.9 Å². The molecule has 0 amide bonds. The van der Waals surface area contributed by atoms with Gasteiger partial charge >= 0.3 is 0 Å². The predicted molar refractivity (Wildman–Crippen MR) is 60.2 cm³/mol. The molecule has 2 rings (SSSR count). The Hall–Kier alpha value is -1.33. The monoisotopic (exact) mass is 282 g/mol. The summed E-state index contributed by atoms with van der Waals surface area (Å²) in [7, 11) is 0. The van der Waals surface area contributed by atoms with E-state index < -0.39 is 11.9 Å². The highest BCUT2D eigenvalue weighted by molar-refractivity contribution is 9.10. The zero-order valence-corrected chi connectivity index (χ0v) is 9.73. The van der Waals surface area contributed by atoms with E-state index in [9.17, 15) is 9.50 Å². The fraction of sp³-hybridized carbons (Fsp3) is 0.0909. The van der Waals surface area contributed by atoms with E-state index in [0.717, 1.165) is 0 Å². The molecule has 1 aromatic heterocycles. The average molecular weight is 283 g/mol. The lowest BCUT2D eigenvalue weighted by Gasteiger charge is -2.11. The van der Waals surface area contributed by atoms with E-state index in [4.69, 9.17) is 0 Å². The molecule has 0 fully saturated rings. The molecule has 5 heteroatoms. The molecule has 1 aromatic carbocycles. The van der Waals surface area contributed by atoms with Crippen LogP contribution in [0.2, 0.25) is 0 Å². The van der Waals surface area contributed by atoms with Gasteiger partial charge in [-0.15, -0.1) is 0 Å². The van der Waals surface area contributed by atoms with Gasteiger partial charge in [-0.2, -0.15) is 0 Å². The molecule has 0 radical (unpaired) electrons. The van der Waals surface area contributed by atoms with Gasteiger partial charge in [0.15, 0.2) is 0 Å². The molecule has 82 valence electrons. The topological polar surface area (TPSA) is 46.0 Å². The molecule has 0 saturated heterocycles. The van der Waals surface area contributed by atoms with Crippen LogP contribution in [0.15, 0.2) is 41.3 Å². The number of benzene rings is 1. The Balaban J connectivity index is 2.41. The van der Waals surface area contributed by atoms with Gasteiger partial charge in [0.05, 0.1) is 11.9 Å². The first-order chi connectivity index (χ1) is 7.68. The maximum absolute atomic E-state index is 13.1. The predicted octanol–water partition coefficient (Wildman–Crippen LogP) is 2.46. The number of hydrogen-bond acceptors (Lipinski definition) is 3. The molecule has 0 aliphatic heterocycles. The Morgan fingerprint density at radius 1 is 1.31 bits per heavy atom. The van der Waals surface area contributed by atoms with Gasteiger partial charge in [-0.25, -0.2) is 4.39 Å². The van der Waals surface area contributed by atoms with Crippen molar-refractivity contribution in [1.29, 1.82) is 0 Å². The number of aliphatic hydroxyl groups is 1. The standard InChI is InChI=1S/C11H8BrFN2O/c12-9-2-1-7(13)5-8(9)11(16)10-6-14-3-4-15-10/h1-6,11,16H. The summed E-state index contributed by atoms with van der Waals surface area (Å²) in [5, 5.41) is 10.00. The molecular weight excluding hydrogens is 275 g/mol. The minimum atomic E-state index is -0.987. The molecule has 1 atom stereocenters. The molecule has 1 heterocycles. The van der Waals surface area contributed by atoms with Crippen LogP contribution in [0, 0.1) is 5.82 Å². The van der Waals surface area contributed by atoms with Crippen molar-refractivity contribution in [2.24, 2.45) is 0 Å². The zero-order chi connectivity index (χ0) is 11.5. The van der Waals surface area contributed by atoms with E-state index in [-0.39, 0.29) is 0 Å². The second-order valence-corrected chi connectivity index (χ2v) is 4.05. The molecule has 3 nitrogen and oxygen atoms in total. The summed E-state index contributed by atoms with van der Waals surface area (Å²) in [6.45, 7) is 0. The van der Waals surface area contributed by atoms with Crippen LogP contribution < -0.4 is 0 Å². The number of nitrogens with zero attached hydrogens (tertiary/aromatic N) is 2. The van der Waals surface area contributed by atoms with Crippen molar-refractivity contribution in [3.05, 3.63) is 58.3 Å². The number of aromatic nitrogens is 2. The van der Waals surface area contributed by atoms with Crippen LogP contribution >= 0.6 is 15.9 Å². The van der Waals surface area contributed by atoms with E-state index in [1.165, 1.54) is 30.7 Å². The second-order valence-electron chi connectivity index (χ2n) is 3.20. The molecule has 0 aliphatic rings. The number of hydrogen-bond donors (Lipinski definition) is 1. The van der Waals surface area contributed by atoms with Crippen molar-refractivity contribution in [1.82, 2.24) is 9.97 Å². The van der Waals surface area contributed by atoms with E-state index in [1.54, 1.807) is 6.07 Å². The average Bonchev–Trinajstić information content (AvgIpc) is 2.32. The maximum atomic E-state index is 13.1. The Morgan fingerprint density at radius 3 is 2.81 bits per heavy atom. The third-order valence-electron chi connectivity index (χ3n) is 2.12. The van der Waals surface area contributed by atoms with Crippen molar-refractivity contribution < 1.29 is 9.50 Å². The highest BCUT2D eigenvalue weighted by Crippen LogP contribution is 2.27. The molecule has 0 aliphatic carbocycles. The summed E-state index contributed by atoms with van der Waals surface area (Å²) < 4.78 is 13.7. The van der Waals surface area contributed by atoms with Crippen LogP contribution in [-0.4, -0.2) is 15.1 Å². The fourth-order valence-corrected chi connectivity index (χ4v) is 1.80. The van der Waals surface area contributed by atoms with E-state index in [0.29, 0.717) is 15.7 Å². The van der Waals surface area contributed by atoms with Crippen molar-refractivity contribution in [3.63, 3.8) is 0 Å². The summed E-state index contributed by atoms with van der Waals surface area (Å²) in [6.07, 6.45) is 3.45. The molecule has 0 bridgehead atoms. The lowest BCUT2D eigenvalue weighted by atomic mass is 10.1. The van der Waals surface area contributed by atoms with Gasteiger partial charge in [-0.3, -0.25) is 9.97 Å². The SMILES string of the molecule is OC(c1cnccn1)c1cc(F)ccc1Br. The van der Waals surface area contributed by atoms with E-state index in [2.05, 4.69) is 25.9 Å². The first kappa shape index (κ1) is 11.2. The Kier molecular flexibility index (Phi) is 3.26. The van der Waals surface area contributed by atoms with Crippen LogP contribution in [0.4, 0.5) is 4.39 Å². The molecule has 1 unspecified atom stereocenters. The van der Waals surface area contributed by atoms with Crippen LogP contribution in [0.1, 0.15) is 17.4 Å². The lowest BCUT2D eigenvalue weighted by Crippen LogP contribution is -2.04. The first-order valence-corrected chi connectivity index (χ1v) is 5.36. The Morgan fingerprint density at radius 2 is 2.12 bits per heavy atom. The molecule has 1 N–H and O–H groups in total. The minimum Gasteiger partial charge on any atom is -0.382 e. The summed E-state index contributed by atoms with van der Waals surface area (Å²) in [4.78, 5) is 7.82. The quantitative estimate of drug-likeness (QED) is 0.920. The molecule has 0 spiro atoms. The van der Waals surface area contributed by atoms with Crippen LogP contribution in [0.5, 0.6) is 0 Å². The highest BCUT2D eigenvalue weighted by Gasteiger charge is 2.15. The third kappa shape index (κ3) is 2.25. The number of halogens is 2. The van der Waals surface area contributed by atoms with Crippen LogP contribution in [-0.2, 0) is 0 Å². The summed E-state index contributed by atoms with van der Waals surface area (Å²) >= 11 is 3.25. The van der Waals surface area contributed by atoms with E-state index >= 15 is 0 Å². The van der Waals surface area contributed by atoms with Gasteiger partial charge in [0.25, 0.3) is 0 Å². The minimum absolute atomic E-state index is 0.383. The normalized spacial score (nSPS) is 12.4. The maximum Gasteiger partial charge on any atom is 0.124 e. The Labute approximate surface area is 100 Å². The van der Waals surface area contributed by atoms with Crippen molar-refractivity contribution >= 4 is 15.9 Å². The summed E-state index contributed by atoms with van der Waals surface area (Å²) in [5.41, 5.74) is 0.814. The van der Waals surface area contributed by atoms with Crippen molar-refractivity contribution in [3.8, 4) is 0 Å².